The number of hydrogen-bond donors (Lipinski definition) is 1. The monoisotopic (exact) mass is 541 g/mol. The van der Waals surface area contributed by atoms with Crippen LogP contribution < -0.4 is 0 Å². The van der Waals surface area contributed by atoms with Gasteiger partial charge in [-0.3, -0.25) is 14.5 Å². The predicted octanol–water partition coefficient (Wildman–Crippen LogP) is 7.64. The van der Waals surface area contributed by atoms with Crippen molar-refractivity contribution in [3.8, 4) is 0 Å². The molecule has 0 aromatic rings. The zero-order chi connectivity index (χ0) is 28.7. The normalized spacial score (nSPS) is 13.6. The summed E-state index contributed by atoms with van der Waals surface area (Å²) in [5.41, 5.74) is -1.75. The van der Waals surface area contributed by atoms with Crippen molar-refractivity contribution in [1.82, 2.24) is 4.90 Å². The van der Waals surface area contributed by atoms with Crippen LogP contribution in [0.15, 0.2) is 0 Å². The molecule has 6 nitrogen and oxygen atoms in total. The van der Waals surface area contributed by atoms with Gasteiger partial charge in [-0.15, -0.1) is 0 Å². The van der Waals surface area contributed by atoms with E-state index in [0.29, 0.717) is 26.1 Å². The van der Waals surface area contributed by atoms with Gasteiger partial charge in [0.05, 0.1) is 31.9 Å². The third-order valence-corrected chi connectivity index (χ3v) is 7.61. The van der Waals surface area contributed by atoms with Gasteiger partial charge in [0.1, 0.15) is 5.60 Å². The van der Waals surface area contributed by atoms with Crippen molar-refractivity contribution < 1.29 is 24.2 Å². The van der Waals surface area contributed by atoms with E-state index in [-0.39, 0.29) is 24.8 Å². The average Bonchev–Trinajstić information content (AvgIpc) is 2.85. The molecule has 0 saturated carbocycles. The van der Waals surface area contributed by atoms with E-state index in [4.69, 9.17) is 9.47 Å². The number of esters is 1. The van der Waals surface area contributed by atoms with Crippen LogP contribution in [0.5, 0.6) is 0 Å². The Labute approximate surface area is 235 Å². The Morgan fingerprint density at radius 1 is 0.684 bits per heavy atom. The third-order valence-electron chi connectivity index (χ3n) is 7.61. The number of ether oxygens (including phenoxy) is 2. The topological polar surface area (TPSA) is 76.1 Å². The van der Waals surface area contributed by atoms with Crippen molar-refractivity contribution in [2.75, 3.05) is 33.4 Å². The van der Waals surface area contributed by atoms with E-state index in [9.17, 15) is 14.7 Å². The van der Waals surface area contributed by atoms with Gasteiger partial charge in [-0.25, -0.2) is 0 Å². The number of hydrogen-bond acceptors (Lipinski definition) is 6. The van der Waals surface area contributed by atoms with E-state index in [2.05, 4.69) is 6.92 Å². The maximum Gasteiger partial charge on any atom is 0.320 e. The molecule has 38 heavy (non-hydrogen) atoms. The fourth-order valence-corrected chi connectivity index (χ4v) is 4.38. The van der Waals surface area contributed by atoms with E-state index in [1.807, 2.05) is 6.92 Å². The minimum atomic E-state index is -0.963. The highest BCUT2D eigenvalue weighted by Crippen LogP contribution is 2.18. The van der Waals surface area contributed by atoms with E-state index in [1.165, 1.54) is 89.9 Å². The second-order valence-corrected chi connectivity index (χ2v) is 12.1. The summed E-state index contributed by atoms with van der Waals surface area (Å²) in [6, 6.07) is 0. The van der Waals surface area contributed by atoms with E-state index in [0.717, 1.165) is 12.8 Å². The molecule has 0 fully saturated rings. The first-order valence-electron chi connectivity index (χ1n) is 15.8. The zero-order valence-corrected chi connectivity index (χ0v) is 26.1. The maximum absolute atomic E-state index is 12.6. The molecule has 1 atom stereocenters. The highest BCUT2D eigenvalue weighted by molar-refractivity contribution is 5.88. The molecule has 0 aromatic heterocycles. The molecule has 0 aromatic carbocycles. The number of ketones is 1. The molecule has 0 aliphatic carbocycles. The summed E-state index contributed by atoms with van der Waals surface area (Å²) in [6.45, 7) is 10.4. The third kappa shape index (κ3) is 21.9. The standard InChI is InChI=1S/C32H63NO5/c1-7-9-10-11-12-13-14-15-16-17-18-19-20-21-22-23-25-37-30(35)28-33(6)27-29(34)31(3,4)38-26-24-32(5,36)8-2/h36H,7-28H2,1-6H3. The molecule has 0 saturated heterocycles. The van der Waals surface area contributed by atoms with Crippen LogP contribution in [0.4, 0.5) is 0 Å². The zero-order valence-electron chi connectivity index (χ0n) is 26.1. The Morgan fingerprint density at radius 2 is 1.13 bits per heavy atom. The fraction of sp³-hybridized carbons (Fsp3) is 0.938. The smallest absolute Gasteiger partial charge is 0.320 e. The molecular weight excluding hydrogens is 478 g/mol. The molecule has 0 aliphatic rings. The van der Waals surface area contributed by atoms with Crippen LogP contribution in [0.1, 0.15) is 150 Å². The number of carbonyl (C=O) groups is 2. The highest BCUT2D eigenvalue weighted by atomic mass is 16.5. The van der Waals surface area contributed by atoms with Gasteiger partial charge < -0.3 is 14.6 Å². The first kappa shape index (κ1) is 37.0. The summed E-state index contributed by atoms with van der Waals surface area (Å²) in [5.74, 6) is -0.388. The summed E-state index contributed by atoms with van der Waals surface area (Å²) in [6.07, 6.45) is 22.2. The quantitative estimate of drug-likeness (QED) is 0.0850. The molecule has 0 spiro atoms. The van der Waals surface area contributed by atoms with Crippen LogP contribution >= 0.6 is 0 Å². The summed E-state index contributed by atoms with van der Waals surface area (Å²) in [5, 5.41) is 10.1. The molecule has 0 amide bonds. The van der Waals surface area contributed by atoms with E-state index in [1.54, 1.807) is 32.7 Å². The second-order valence-electron chi connectivity index (χ2n) is 12.1. The van der Waals surface area contributed by atoms with Crippen molar-refractivity contribution in [3.63, 3.8) is 0 Å². The number of nitrogens with zero attached hydrogens (tertiary/aromatic N) is 1. The van der Waals surface area contributed by atoms with E-state index >= 15 is 0 Å². The molecule has 0 radical (unpaired) electrons. The van der Waals surface area contributed by atoms with Crippen molar-refractivity contribution >= 4 is 11.8 Å². The van der Waals surface area contributed by atoms with Gasteiger partial charge in [0.25, 0.3) is 0 Å². The molecule has 0 rings (SSSR count). The summed E-state index contributed by atoms with van der Waals surface area (Å²) < 4.78 is 11.1. The minimum absolute atomic E-state index is 0.0885. The number of Topliss-reactive ketones (excluding diaryl/α,β-unsaturated/α-hetero) is 1. The molecule has 0 bridgehead atoms. The summed E-state index contributed by atoms with van der Waals surface area (Å²) >= 11 is 0. The van der Waals surface area contributed by atoms with Crippen molar-refractivity contribution in [1.29, 1.82) is 0 Å². The first-order chi connectivity index (χ1) is 18.0. The van der Waals surface area contributed by atoms with Gasteiger partial charge in [-0.05, 0) is 47.1 Å². The molecular formula is C32H63NO5. The Balaban J connectivity index is 3.67. The SMILES string of the molecule is CCCCCCCCCCCCCCCCCCOC(=O)CN(C)CC(=O)C(C)(C)OCCC(C)(O)CC. The van der Waals surface area contributed by atoms with Crippen molar-refractivity contribution in [3.05, 3.63) is 0 Å². The van der Waals surface area contributed by atoms with Gasteiger partial charge in [0, 0.05) is 0 Å². The first-order valence-corrected chi connectivity index (χ1v) is 15.8. The van der Waals surface area contributed by atoms with Gasteiger partial charge in [-0.2, -0.15) is 0 Å². The van der Waals surface area contributed by atoms with Crippen LogP contribution in [0.25, 0.3) is 0 Å². The number of likely N-dealkylation sites (N-methyl/N-ethyl adjacent to an activating group) is 1. The lowest BCUT2D eigenvalue weighted by molar-refractivity contribution is -0.147. The van der Waals surface area contributed by atoms with Crippen LogP contribution in [0.2, 0.25) is 0 Å². The number of rotatable bonds is 27. The van der Waals surface area contributed by atoms with Gasteiger partial charge in [0.2, 0.25) is 0 Å². The molecule has 1 unspecified atom stereocenters. The van der Waals surface area contributed by atoms with E-state index < -0.39 is 11.2 Å². The van der Waals surface area contributed by atoms with Crippen molar-refractivity contribution in [2.45, 2.75) is 161 Å². The van der Waals surface area contributed by atoms with Gasteiger partial charge in [-0.1, -0.05) is 110 Å². The number of aliphatic hydroxyl groups is 1. The number of unbranched alkanes of at least 4 members (excludes halogenated alkanes) is 15. The largest absolute Gasteiger partial charge is 0.465 e. The van der Waals surface area contributed by atoms with Gasteiger partial charge >= 0.3 is 5.97 Å². The van der Waals surface area contributed by atoms with Gasteiger partial charge in [0.15, 0.2) is 5.78 Å². The molecule has 1 N–H and O–H groups in total. The maximum atomic E-state index is 12.6. The van der Waals surface area contributed by atoms with Crippen LogP contribution in [0.3, 0.4) is 0 Å². The number of carbonyl (C=O) groups excluding carboxylic acids is 2. The Hall–Kier alpha value is -0.980. The average molecular weight is 542 g/mol. The molecule has 0 heterocycles. The Kier molecular flexibility index (Phi) is 22.2. The Morgan fingerprint density at radius 3 is 1.58 bits per heavy atom. The van der Waals surface area contributed by atoms with Crippen molar-refractivity contribution in [2.24, 2.45) is 0 Å². The van der Waals surface area contributed by atoms with Crippen LogP contribution in [-0.4, -0.2) is 66.3 Å². The van der Waals surface area contributed by atoms with Crippen LogP contribution in [-0.2, 0) is 19.1 Å². The van der Waals surface area contributed by atoms with Crippen LogP contribution in [0, 0.1) is 0 Å². The lowest BCUT2D eigenvalue weighted by Gasteiger charge is -2.28. The Bertz CT molecular complexity index is 590. The molecule has 226 valence electrons. The molecule has 0 aliphatic heterocycles. The predicted molar refractivity (Wildman–Crippen MR) is 159 cm³/mol. The highest BCUT2D eigenvalue weighted by Gasteiger charge is 2.30. The minimum Gasteiger partial charge on any atom is -0.465 e. The fourth-order valence-electron chi connectivity index (χ4n) is 4.38. The summed E-state index contributed by atoms with van der Waals surface area (Å²) in [7, 11) is 1.74. The second kappa shape index (κ2) is 22.8. The lowest BCUT2D eigenvalue weighted by Crippen LogP contribution is -2.44. The molecule has 6 heteroatoms. The lowest BCUT2D eigenvalue weighted by atomic mass is 9.99. The summed E-state index contributed by atoms with van der Waals surface area (Å²) in [4.78, 5) is 26.4.